The maximum Gasteiger partial charge on any atom is 0.244 e. The summed E-state index contributed by atoms with van der Waals surface area (Å²) in [5, 5.41) is 1.71. The Balaban J connectivity index is 2.25. The number of nitrogens with one attached hydrogen (secondary N) is 1. The Morgan fingerprint density at radius 3 is 2.41 bits per heavy atom. The molecule has 0 bridgehead atoms. The van der Waals surface area contributed by atoms with Crippen molar-refractivity contribution in [3.05, 3.63) is 0 Å². The van der Waals surface area contributed by atoms with Gasteiger partial charge in [-0.2, -0.15) is 4.31 Å². The van der Waals surface area contributed by atoms with Crippen LogP contribution >= 0.6 is 0 Å². The number of piperazine rings is 1. The molecule has 0 aromatic carbocycles. The normalized spacial score (nSPS) is 28.4. The Morgan fingerprint density at radius 1 is 1.24 bits per heavy atom. The van der Waals surface area contributed by atoms with Crippen LogP contribution in [0.5, 0.6) is 0 Å². The van der Waals surface area contributed by atoms with Gasteiger partial charge in [0.25, 0.3) is 0 Å². The molecule has 1 aliphatic heterocycles. The minimum Gasteiger partial charge on any atom is -0.294 e. The summed E-state index contributed by atoms with van der Waals surface area (Å²) in [5.74, 6) is -1.09. The summed E-state index contributed by atoms with van der Waals surface area (Å²) in [4.78, 5) is 22.7. The summed E-state index contributed by atoms with van der Waals surface area (Å²) in [6.45, 7) is 1.26. The standard InChI is InChI=1S/C10H16N2O4S/c1-7-10(14)11-9(13)6-12(7)17(15,16)8-4-2-3-5-8/h7-8H,2-6H2,1H3,(H,11,13,14). The van der Waals surface area contributed by atoms with E-state index in [-0.39, 0.29) is 6.54 Å². The predicted octanol–water partition coefficient (Wildman–Crippen LogP) is -0.394. The maximum atomic E-state index is 12.3. The van der Waals surface area contributed by atoms with E-state index in [1.807, 2.05) is 0 Å². The number of amides is 2. The van der Waals surface area contributed by atoms with Crippen molar-refractivity contribution >= 4 is 21.8 Å². The number of hydrogen-bond donors (Lipinski definition) is 1. The van der Waals surface area contributed by atoms with Gasteiger partial charge in [0.15, 0.2) is 0 Å². The lowest BCUT2D eigenvalue weighted by atomic mass is 10.2. The Morgan fingerprint density at radius 2 is 1.82 bits per heavy atom. The lowest BCUT2D eigenvalue weighted by molar-refractivity contribution is -0.136. The van der Waals surface area contributed by atoms with Gasteiger partial charge in [-0.3, -0.25) is 14.9 Å². The van der Waals surface area contributed by atoms with Crippen molar-refractivity contribution in [3.63, 3.8) is 0 Å². The first-order valence-electron chi connectivity index (χ1n) is 5.77. The second kappa shape index (κ2) is 4.38. The first-order valence-corrected chi connectivity index (χ1v) is 7.27. The molecule has 2 aliphatic rings. The average Bonchev–Trinajstić information content (AvgIpc) is 2.76. The third-order valence-corrected chi connectivity index (χ3v) is 5.84. The molecular weight excluding hydrogens is 244 g/mol. The van der Waals surface area contributed by atoms with E-state index in [2.05, 4.69) is 5.32 Å². The predicted molar refractivity (Wildman–Crippen MR) is 60.5 cm³/mol. The zero-order chi connectivity index (χ0) is 12.6. The van der Waals surface area contributed by atoms with E-state index in [1.54, 1.807) is 0 Å². The van der Waals surface area contributed by atoms with Gasteiger partial charge in [0.1, 0.15) is 6.04 Å². The summed E-state index contributed by atoms with van der Waals surface area (Å²) < 4.78 is 25.6. The monoisotopic (exact) mass is 260 g/mol. The first-order chi connectivity index (χ1) is 7.93. The summed E-state index contributed by atoms with van der Waals surface area (Å²) in [5.41, 5.74) is 0. The van der Waals surface area contributed by atoms with Crippen molar-refractivity contribution < 1.29 is 18.0 Å². The van der Waals surface area contributed by atoms with Gasteiger partial charge in [-0.25, -0.2) is 8.42 Å². The summed E-state index contributed by atoms with van der Waals surface area (Å²) in [6, 6.07) is -0.793. The summed E-state index contributed by atoms with van der Waals surface area (Å²) >= 11 is 0. The van der Waals surface area contributed by atoms with Gasteiger partial charge in [0.2, 0.25) is 21.8 Å². The molecule has 0 aromatic rings. The molecular formula is C10H16N2O4S. The fraction of sp³-hybridized carbons (Fsp3) is 0.800. The highest BCUT2D eigenvalue weighted by molar-refractivity contribution is 7.89. The molecule has 1 heterocycles. The van der Waals surface area contributed by atoms with E-state index >= 15 is 0 Å². The zero-order valence-electron chi connectivity index (χ0n) is 9.68. The average molecular weight is 260 g/mol. The molecule has 1 atom stereocenters. The third-order valence-electron chi connectivity index (χ3n) is 3.42. The molecule has 0 radical (unpaired) electrons. The van der Waals surface area contributed by atoms with Crippen LogP contribution in [0, 0.1) is 0 Å². The van der Waals surface area contributed by atoms with Crippen LogP contribution in [-0.2, 0) is 19.6 Å². The molecule has 7 heteroatoms. The van der Waals surface area contributed by atoms with E-state index < -0.39 is 33.1 Å². The van der Waals surface area contributed by atoms with Gasteiger partial charge in [0.05, 0.1) is 11.8 Å². The van der Waals surface area contributed by atoms with Crippen molar-refractivity contribution in [1.29, 1.82) is 0 Å². The number of hydrogen-bond acceptors (Lipinski definition) is 4. The second-order valence-electron chi connectivity index (χ2n) is 4.59. The Labute approximate surface area is 100 Å². The smallest absolute Gasteiger partial charge is 0.244 e. The van der Waals surface area contributed by atoms with Crippen LogP contribution in [-0.4, -0.2) is 42.4 Å². The lowest BCUT2D eigenvalue weighted by Crippen LogP contribution is -2.59. The molecule has 6 nitrogen and oxygen atoms in total. The minimum atomic E-state index is -3.53. The molecule has 1 saturated carbocycles. The largest absolute Gasteiger partial charge is 0.294 e. The molecule has 96 valence electrons. The Bertz CT molecular complexity index is 439. The van der Waals surface area contributed by atoms with Crippen molar-refractivity contribution in [3.8, 4) is 0 Å². The van der Waals surface area contributed by atoms with Crippen molar-refractivity contribution in [1.82, 2.24) is 9.62 Å². The lowest BCUT2D eigenvalue weighted by Gasteiger charge is -2.32. The number of rotatable bonds is 2. The van der Waals surface area contributed by atoms with Gasteiger partial charge in [-0.15, -0.1) is 0 Å². The topological polar surface area (TPSA) is 83.6 Å². The molecule has 2 amide bonds. The van der Waals surface area contributed by atoms with E-state index in [9.17, 15) is 18.0 Å². The Kier molecular flexibility index (Phi) is 3.22. The van der Waals surface area contributed by atoms with E-state index in [0.29, 0.717) is 12.8 Å². The summed E-state index contributed by atoms with van der Waals surface area (Å²) in [6.07, 6.45) is 3.04. The highest BCUT2D eigenvalue weighted by atomic mass is 32.2. The first kappa shape index (κ1) is 12.5. The third kappa shape index (κ3) is 2.21. The van der Waals surface area contributed by atoms with Gasteiger partial charge in [0, 0.05) is 0 Å². The minimum absolute atomic E-state index is 0.244. The van der Waals surface area contributed by atoms with Gasteiger partial charge >= 0.3 is 0 Å². The highest BCUT2D eigenvalue weighted by Gasteiger charge is 2.42. The summed E-state index contributed by atoms with van der Waals surface area (Å²) in [7, 11) is -3.53. The van der Waals surface area contributed by atoms with Crippen LogP contribution in [0.15, 0.2) is 0 Å². The SMILES string of the molecule is CC1C(=O)NC(=O)CN1S(=O)(=O)C1CCCC1. The van der Waals surface area contributed by atoms with Crippen molar-refractivity contribution in [2.24, 2.45) is 0 Å². The van der Waals surface area contributed by atoms with E-state index in [0.717, 1.165) is 17.1 Å². The molecule has 17 heavy (non-hydrogen) atoms. The van der Waals surface area contributed by atoms with E-state index in [4.69, 9.17) is 0 Å². The van der Waals surface area contributed by atoms with E-state index in [1.165, 1.54) is 6.92 Å². The van der Waals surface area contributed by atoms with Gasteiger partial charge < -0.3 is 0 Å². The number of nitrogens with zero attached hydrogens (tertiary/aromatic N) is 1. The van der Waals surface area contributed by atoms with Crippen LogP contribution in [0.1, 0.15) is 32.6 Å². The molecule has 2 fully saturated rings. The maximum absolute atomic E-state index is 12.3. The van der Waals surface area contributed by atoms with Crippen molar-refractivity contribution in [2.75, 3.05) is 6.54 Å². The van der Waals surface area contributed by atoms with Crippen LogP contribution in [0.2, 0.25) is 0 Å². The molecule has 1 N–H and O–H groups in total. The number of carbonyl (C=O) groups excluding carboxylic acids is 2. The number of carbonyl (C=O) groups is 2. The quantitative estimate of drug-likeness (QED) is 0.685. The van der Waals surface area contributed by atoms with Crippen LogP contribution < -0.4 is 5.32 Å². The molecule has 0 spiro atoms. The van der Waals surface area contributed by atoms with Gasteiger partial charge in [-0.05, 0) is 19.8 Å². The highest BCUT2D eigenvalue weighted by Crippen LogP contribution is 2.28. The van der Waals surface area contributed by atoms with Gasteiger partial charge in [-0.1, -0.05) is 12.8 Å². The Hall–Kier alpha value is -0.950. The fourth-order valence-corrected chi connectivity index (χ4v) is 4.52. The molecule has 0 aromatic heterocycles. The molecule has 1 aliphatic carbocycles. The molecule has 1 unspecified atom stereocenters. The van der Waals surface area contributed by atoms with Crippen LogP contribution in [0.25, 0.3) is 0 Å². The number of sulfonamides is 1. The molecule has 1 saturated heterocycles. The molecule has 2 rings (SSSR count). The second-order valence-corrected chi connectivity index (χ2v) is 6.75. The van der Waals surface area contributed by atoms with Crippen LogP contribution in [0.3, 0.4) is 0 Å². The fourth-order valence-electron chi connectivity index (χ4n) is 2.38. The number of imide groups is 1. The zero-order valence-corrected chi connectivity index (χ0v) is 10.5. The van der Waals surface area contributed by atoms with Crippen LogP contribution in [0.4, 0.5) is 0 Å². The van der Waals surface area contributed by atoms with Crippen molar-refractivity contribution in [2.45, 2.75) is 43.9 Å².